The fourth-order valence-electron chi connectivity index (χ4n) is 3.71. The van der Waals surface area contributed by atoms with Gasteiger partial charge in [0.05, 0.1) is 10.6 Å². The highest BCUT2D eigenvalue weighted by Gasteiger charge is 2.22. The molecule has 0 saturated carbocycles. The fraction of sp³-hybridized carbons (Fsp3) is 0.364. The lowest BCUT2D eigenvalue weighted by molar-refractivity contribution is 0.309. The zero-order valence-corrected chi connectivity index (χ0v) is 16.7. The SMILES string of the molecule is C=CNc1ccc(CCS(=O)(=O)c2ccccc2)cc1CC1CCCN1C. The van der Waals surface area contributed by atoms with Crippen LogP contribution in [0.15, 0.2) is 66.2 Å². The Kier molecular flexibility index (Phi) is 6.34. The molecule has 2 aromatic carbocycles. The molecule has 0 aliphatic carbocycles. The Morgan fingerprint density at radius 2 is 2.00 bits per heavy atom. The quantitative estimate of drug-likeness (QED) is 0.750. The van der Waals surface area contributed by atoms with Gasteiger partial charge in [0.1, 0.15) is 0 Å². The summed E-state index contributed by atoms with van der Waals surface area (Å²) < 4.78 is 25.1. The van der Waals surface area contributed by atoms with Gasteiger partial charge in [0.2, 0.25) is 0 Å². The number of rotatable bonds is 8. The summed E-state index contributed by atoms with van der Waals surface area (Å²) in [7, 11) is -1.09. The minimum absolute atomic E-state index is 0.119. The number of nitrogens with one attached hydrogen (secondary N) is 1. The Morgan fingerprint density at radius 1 is 1.22 bits per heavy atom. The van der Waals surface area contributed by atoms with Crippen LogP contribution in [0, 0.1) is 0 Å². The van der Waals surface area contributed by atoms with E-state index in [0.29, 0.717) is 17.4 Å². The monoisotopic (exact) mass is 384 g/mol. The van der Waals surface area contributed by atoms with Crippen LogP contribution in [-0.2, 0) is 22.7 Å². The summed E-state index contributed by atoms with van der Waals surface area (Å²) in [6.45, 7) is 4.91. The van der Waals surface area contributed by atoms with Gasteiger partial charge in [0.25, 0.3) is 0 Å². The lowest BCUT2D eigenvalue weighted by Gasteiger charge is -2.21. The molecule has 1 unspecified atom stereocenters. The maximum atomic E-state index is 12.5. The van der Waals surface area contributed by atoms with Crippen molar-refractivity contribution >= 4 is 15.5 Å². The molecule has 1 fully saturated rings. The number of nitrogens with zero attached hydrogens (tertiary/aromatic N) is 1. The van der Waals surface area contributed by atoms with E-state index in [1.807, 2.05) is 18.2 Å². The van der Waals surface area contributed by atoms with Gasteiger partial charge in [-0.1, -0.05) is 36.9 Å². The third-order valence-electron chi connectivity index (χ3n) is 5.32. The predicted octanol–water partition coefficient (Wildman–Crippen LogP) is 3.90. The zero-order valence-electron chi connectivity index (χ0n) is 15.9. The number of benzene rings is 2. The van der Waals surface area contributed by atoms with Crippen LogP contribution >= 0.6 is 0 Å². The summed E-state index contributed by atoms with van der Waals surface area (Å²) in [6.07, 6.45) is 5.61. The molecule has 1 N–H and O–H groups in total. The molecule has 3 rings (SSSR count). The summed E-state index contributed by atoms with van der Waals surface area (Å²) >= 11 is 0. The van der Waals surface area contributed by atoms with Crippen LogP contribution in [0.4, 0.5) is 5.69 Å². The largest absolute Gasteiger partial charge is 0.362 e. The third-order valence-corrected chi connectivity index (χ3v) is 7.05. The van der Waals surface area contributed by atoms with Gasteiger partial charge in [0, 0.05) is 11.7 Å². The van der Waals surface area contributed by atoms with Crippen LogP contribution in [0.2, 0.25) is 0 Å². The first kappa shape index (κ1) is 19.6. The summed E-state index contributed by atoms with van der Waals surface area (Å²) in [5.41, 5.74) is 3.34. The van der Waals surface area contributed by atoms with Crippen molar-refractivity contribution < 1.29 is 8.42 Å². The maximum Gasteiger partial charge on any atom is 0.178 e. The topological polar surface area (TPSA) is 49.4 Å². The minimum atomic E-state index is -3.26. The van der Waals surface area contributed by atoms with E-state index >= 15 is 0 Å². The molecular weight excluding hydrogens is 356 g/mol. The van der Waals surface area contributed by atoms with Gasteiger partial charge in [-0.25, -0.2) is 8.42 Å². The van der Waals surface area contributed by atoms with Gasteiger partial charge < -0.3 is 10.2 Å². The molecule has 0 spiro atoms. The van der Waals surface area contributed by atoms with Crippen molar-refractivity contribution in [2.75, 3.05) is 24.7 Å². The minimum Gasteiger partial charge on any atom is -0.362 e. The van der Waals surface area contributed by atoms with Crippen LogP contribution in [0.3, 0.4) is 0 Å². The molecule has 27 heavy (non-hydrogen) atoms. The van der Waals surface area contributed by atoms with Crippen LogP contribution in [0.5, 0.6) is 0 Å². The molecule has 0 aromatic heterocycles. The van der Waals surface area contributed by atoms with Gasteiger partial charge >= 0.3 is 0 Å². The molecule has 1 aliphatic heterocycles. The van der Waals surface area contributed by atoms with Gasteiger partial charge in [-0.2, -0.15) is 0 Å². The number of hydrogen-bond acceptors (Lipinski definition) is 4. The number of likely N-dealkylation sites (N-methyl/N-ethyl adjacent to an activating group) is 1. The smallest absolute Gasteiger partial charge is 0.178 e. The highest BCUT2D eigenvalue weighted by molar-refractivity contribution is 7.91. The normalized spacial score (nSPS) is 17.7. The van der Waals surface area contributed by atoms with Gasteiger partial charge in [0.15, 0.2) is 9.84 Å². The average Bonchev–Trinajstić information content (AvgIpc) is 3.07. The van der Waals surface area contributed by atoms with E-state index < -0.39 is 9.84 Å². The summed E-state index contributed by atoms with van der Waals surface area (Å²) in [5, 5.41) is 3.22. The molecule has 1 atom stereocenters. The van der Waals surface area contributed by atoms with Crippen molar-refractivity contribution in [2.45, 2.75) is 36.6 Å². The molecule has 5 heteroatoms. The van der Waals surface area contributed by atoms with Crippen LogP contribution < -0.4 is 5.32 Å². The van der Waals surface area contributed by atoms with Gasteiger partial charge in [-0.15, -0.1) is 0 Å². The van der Waals surface area contributed by atoms with Gasteiger partial charge in [-0.05, 0) is 74.8 Å². The Bertz CT molecular complexity index is 878. The van der Waals surface area contributed by atoms with Crippen LogP contribution in [0.25, 0.3) is 0 Å². The molecule has 0 bridgehead atoms. The van der Waals surface area contributed by atoms with Crippen molar-refractivity contribution in [2.24, 2.45) is 0 Å². The Hall–Kier alpha value is -2.11. The fourth-order valence-corrected chi connectivity index (χ4v) is 5.02. The van der Waals surface area contributed by atoms with E-state index in [1.165, 1.54) is 18.4 Å². The van der Waals surface area contributed by atoms with Crippen molar-refractivity contribution in [1.82, 2.24) is 4.90 Å². The zero-order chi connectivity index (χ0) is 19.3. The number of anilines is 1. The van der Waals surface area contributed by atoms with E-state index in [4.69, 9.17) is 0 Å². The number of aryl methyl sites for hydroxylation is 1. The van der Waals surface area contributed by atoms with Crippen LogP contribution in [0.1, 0.15) is 24.0 Å². The molecule has 1 aliphatic rings. The number of hydrogen-bond donors (Lipinski definition) is 1. The molecule has 0 amide bonds. The molecule has 4 nitrogen and oxygen atoms in total. The van der Waals surface area contributed by atoms with Crippen LogP contribution in [-0.4, -0.2) is 38.7 Å². The first-order chi connectivity index (χ1) is 13.0. The van der Waals surface area contributed by atoms with Gasteiger partial charge in [-0.3, -0.25) is 0 Å². The molecule has 1 saturated heterocycles. The predicted molar refractivity (Wildman–Crippen MR) is 112 cm³/mol. The van der Waals surface area contributed by atoms with E-state index in [0.717, 1.165) is 24.2 Å². The molecule has 1 heterocycles. The highest BCUT2D eigenvalue weighted by atomic mass is 32.2. The second-order valence-corrected chi connectivity index (χ2v) is 9.31. The van der Waals surface area contributed by atoms with E-state index in [1.54, 1.807) is 30.5 Å². The Labute approximate surface area is 162 Å². The second kappa shape index (κ2) is 8.72. The average molecular weight is 385 g/mol. The third kappa shape index (κ3) is 4.99. The highest BCUT2D eigenvalue weighted by Crippen LogP contribution is 2.25. The molecule has 2 aromatic rings. The van der Waals surface area contributed by atoms with Crippen molar-refractivity contribution in [1.29, 1.82) is 0 Å². The van der Waals surface area contributed by atoms with E-state index in [-0.39, 0.29) is 5.75 Å². The second-order valence-electron chi connectivity index (χ2n) is 7.20. The first-order valence-corrected chi connectivity index (χ1v) is 11.1. The molecule has 0 radical (unpaired) electrons. The standard InChI is InChI=1S/C22H28N2O2S/c1-3-23-22-12-11-18(16-19(22)17-20-8-7-14-24(20)2)13-15-27(25,26)21-9-5-4-6-10-21/h3-6,9-12,16,20,23H,1,7-8,13-15,17H2,2H3. The maximum absolute atomic E-state index is 12.5. The first-order valence-electron chi connectivity index (χ1n) is 9.47. The van der Waals surface area contributed by atoms with E-state index in [9.17, 15) is 8.42 Å². The number of likely N-dealkylation sites (tertiary alicyclic amines) is 1. The number of sulfone groups is 1. The lowest BCUT2D eigenvalue weighted by atomic mass is 9.99. The summed E-state index contributed by atoms with van der Waals surface area (Å²) in [6, 6.07) is 15.4. The summed E-state index contributed by atoms with van der Waals surface area (Å²) in [4.78, 5) is 2.80. The van der Waals surface area contributed by atoms with Crippen molar-refractivity contribution in [3.8, 4) is 0 Å². The Balaban J connectivity index is 1.75. The van der Waals surface area contributed by atoms with E-state index in [2.05, 4.69) is 29.9 Å². The van der Waals surface area contributed by atoms with Crippen molar-refractivity contribution in [3.05, 3.63) is 72.4 Å². The summed E-state index contributed by atoms with van der Waals surface area (Å²) in [5.74, 6) is 0.119. The molecule has 144 valence electrons. The lowest BCUT2D eigenvalue weighted by Crippen LogP contribution is -2.27. The Morgan fingerprint density at radius 3 is 2.67 bits per heavy atom. The van der Waals surface area contributed by atoms with Crippen molar-refractivity contribution in [3.63, 3.8) is 0 Å². The molecular formula is C22H28N2O2S.